The summed E-state index contributed by atoms with van der Waals surface area (Å²) in [5.74, 6) is -0.779. The van der Waals surface area contributed by atoms with Crippen LogP contribution in [0.15, 0.2) is 42.5 Å². The number of nitrogens with zero attached hydrogens (tertiary/aromatic N) is 2. The van der Waals surface area contributed by atoms with E-state index in [0.717, 1.165) is 33.7 Å². The maximum absolute atomic E-state index is 13.5. The van der Waals surface area contributed by atoms with Gasteiger partial charge < -0.3 is 10.2 Å². The highest BCUT2D eigenvalue weighted by Crippen LogP contribution is 2.22. The van der Waals surface area contributed by atoms with E-state index in [4.69, 9.17) is 11.6 Å². The van der Waals surface area contributed by atoms with E-state index >= 15 is 0 Å². The van der Waals surface area contributed by atoms with Crippen LogP contribution in [0.2, 0.25) is 5.02 Å². The number of carbonyl (C=O) groups excluding carboxylic acids is 2. The smallest absolute Gasteiger partial charge is 0.244 e. The summed E-state index contributed by atoms with van der Waals surface area (Å²) in [5.41, 5.74) is 3.11. The fourth-order valence-electron chi connectivity index (χ4n) is 3.33. The molecule has 0 bridgehead atoms. The van der Waals surface area contributed by atoms with Gasteiger partial charge in [0.05, 0.1) is 11.9 Å². The molecule has 1 N–H and O–H groups in total. The third kappa shape index (κ3) is 7.46. The van der Waals surface area contributed by atoms with Crippen molar-refractivity contribution in [2.24, 2.45) is 0 Å². The molecule has 0 saturated carbocycles. The number of rotatable bonds is 10. The molecule has 2 atom stereocenters. The Balaban J connectivity index is 2.39. The van der Waals surface area contributed by atoms with Gasteiger partial charge in [-0.25, -0.2) is 8.42 Å². The maximum atomic E-state index is 13.5. The van der Waals surface area contributed by atoms with Crippen LogP contribution in [0, 0.1) is 13.8 Å². The zero-order chi connectivity index (χ0) is 25.6. The zero-order valence-electron chi connectivity index (χ0n) is 20.6. The van der Waals surface area contributed by atoms with E-state index < -0.39 is 28.5 Å². The lowest BCUT2D eigenvalue weighted by atomic mass is 10.1. The second-order valence-electron chi connectivity index (χ2n) is 8.68. The van der Waals surface area contributed by atoms with Crippen LogP contribution in [-0.4, -0.2) is 50.0 Å². The summed E-state index contributed by atoms with van der Waals surface area (Å²) in [6.07, 6.45) is 1.82. The third-order valence-corrected chi connectivity index (χ3v) is 7.28. The predicted molar refractivity (Wildman–Crippen MR) is 137 cm³/mol. The number of benzene rings is 2. The highest BCUT2D eigenvalue weighted by molar-refractivity contribution is 7.92. The molecule has 0 heterocycles. The first kappa shape index (κ1) is 27.7. The molecule has 0 aliphatic rings. The number of nitrogens with one attached hydrogen (secondary N) is 1. The summed E-state index contributed by atoms with van der Waals surface area (Å²) in [4.78, 5) is 27.8. The first-order chi connectivity index (χ1) is 15.8. The van der Waals surface area contributed by atoms with Gasteiger partial charge in [0.25, 0.3) is 0 Å². The Morgan fingerprint density at radius 1 is 1.03 bits per heavy atom. The molecular formula is C25H34ClN3O4S. The fourth-order valence-corrected chi connectivity index (χ4v) is 4.30. The van der Waals surface area contributed by atoms with Gasteiger partial charge in [-0.1, -0.05) is 36.7 Å². The molecule has 2 aromatic rings. The van der Waals surface area contributed by atoms with Gasteiger partial charge in [0, 0.05) is 17.6 Å². The number of sulfonamides is 1. The standard InChI is InChI=1S/C25H34ClN3O4S/c1-7-19(4)27-25(31)20(5)28(15-21-9-11-22(26)12-10-21)24(30)16-29(34(6,32)33)23-13-8-17(2)18(3)14-23/h8-14,19-20H,7,15-16H2,1-6H3,(H,27,31)/t19-,20+/m1/s1. The van der Waals surface area contributed by atoms with Gasteiger partial charge in [0.15, 0.2) is 0 Å². The quantitative estimate of drug-likeness (QED) is 0.525. The minimum atomic E-state index is -3.76. The van der Waals surface area contributed by atoms with Crippen LogP contribution < -0.4 is 9.62 Å². The molecule has 0 saturated heterocycles. The summed E-state index contributed by atoms with van der Waals surface area (Å²) in [7, 11) is -3.76. The number of hydrogen-bond acceptors (Lipinski definition) is 4. The largest absolute Gasteiger partial charge is 0.352 e. The average molecular weight is 508 g/mol. The van der Waals surface area contributed by atoms with Crippen LogP contribution in [0.5, 0.6) is 0 Å². The van der Waals surface area contributed by atoms with Crippen LogP contribution in [0.25, 0.3) is 0 Å². The normalized spacial score (nSPS) is 13.1. The van der Waals surface area contributed by atoms with Crippen molar-refractivity contribution in [2.75, 3.05) is 17.1 Å². The van der Waals surface area contributed by atoms with Gasteiger partial charge in [-0.05, 0) is 75.1 Å². The lowest BCUT2D eigenvalue weighted by Gasteiger charge is -2.32. The second kappa shape index (κ2) is 11.7. The molecule has 0 aliphatic carbocycles. The Bertz CT molecular complexity index is 1120. The van der Waals surface area contributed by atoms with Gasteiger partial charge in [0.2, 0.25) is 21.8 Å². The van der Waals surface area contributed by atoms with Gasteiger partial charge in [-0.2, -0.15) is 0 Å². The lowest BCUT2D eigenvalue weighted by molar-refractivity contribution is -0.139. The number of anilines is 1. The SMILES string of the molecule is CC[C@@H](C)NC(=O)[C@H](C)N(Cc1ccc(Cl)cc1)C(=O)CN(c1ccc(C)c(C)c1)S(C)(=O)=O. The molecular weight excluding hydrogens is 474 g/mol. The zero-order valence-corrected chi connectivity index (χ0v) is 22.2. The summed E-state index contributed by atoms with van der Waals surface area (Å²) in [6.45, 7) is 9.02. The number of carbonyl (C=O) groups is 2. The molecule has 9 heteroatoms. The van der Waals surface area contributed by atoms with E-state index in [9.17, 15) is 18.0 Å². The minimum Gasteiger partial charge on any atom is -0.352 e. The van der Waals surface area contributed by atoms with Crippen LogP contribution in [0.3, 0.4) is 0 Å². The molecule has 0 aliphatic heterocycles. The van der Waals surface area contributed by atoms with Crippen LogP contribution in [-0.2, 0) is 26.2 Å². The predicted octanol–water partition coefficient (Wildman–Crippen LogP) is 4.05. The molecule has 0 fully saturated rings. The maximum Gasteiger partial charge on any atom is 0.244 e. The Morgan fingerprint density at radius 2 is 1.65 bits per heavy atom. The van der Waals surface area contributed by atoms with Crippen molar-refractivity contribution >= 4 is 39.1 Å². The minimum absolute atomic E-state index is 0.0505. The summed E-state index contributed by atoms with van der Waals surface area (Å²) in [5, 5.41) is 3.46. The third-order valence-electron chi connectivity index (χ3n) is 5.89. The first-order valence-electron chi connectivity index (χ1n) is 11.2. The highest BCUT2D eigenvalue weighted by atomic mass is 35.5. The lowest BCUT2D eigenvalue weighted by Crippen LogP contribution is -2.52. The van der Waals surface area contributed by atoms with Gasteiger partial charge >= 0.3 is 0 Å². The van der Waals surface area contributed by atoms with E-state index in [-0.39, 0.29) is 18.5 Å². The molecule has 0 radical (unpaired) electrons. The van der Waals surface area contributed by atoms with Crippen molar-refractivity contribution in [3.05, 3.63) is 64.2 Å². The van der Waals surface area contributed by atoms with Crippen molar-refractivity contribution in [3.63, 3.8) is 0 Å². The Hall–Kier alpha value is -2.58. The molecule has 7 nitrogen and oxygen atoms in total. The number of amides is 2. The molecule has 2 rings (SSSR count). The van der Waals surface area contributed by atoms with E-state index in [1.54, 1.807) is 43.3 Å². The van der Waals surface area contributed by atoms with Crippen molar-refractivity contribution in [2.45, 2.75) is 59.7 Å². The number of hydrogen-bond donors (Lipinski definition) is 1. The Kier molecular flexibility index (Phi) is 9.53. The molecule has 34 heavy (non-hydrogen) atoms. The topological polar surface area (TPSA) is 86.8 Å². The molecule has 0 aromatic heterocycles. The van der Waals surface area contributed by atoms with Gasteiger partial charge in [-0.3, -0.25) is 13.9 Å². The second-order valence-corrected chi connectivity index (χ2v) is 11.0. The van der Waals surface area contributed by atoms with Crippen molar-refractivity contribution in [1.29, 1.82) is 0 Å². The van der Waals surface area contributed by atoms with Gasteiger partial charge in [-0.15, -0.1) is 0 Å². The van der Waals surface area contributed by atoms with Gasteiger partial charge in [0.1, 0.15) is 12.6 Å². The number of aryl methyl sites for hydroxylation is 2. The molecule has 186 valence electrons. The van der Waals surface area contributed by atoms with Crippen LogP contribution in [0.4, 0.5) is 5.69 Å². The van der Waals surface area contributed by atoms with E-state index in [1.165, 1.54) is 4.90 Å². The highest BCUT2D eigenvalue weighted by Gasteiger charge is 2.30. The molecule has 0 unspecified atom stereocenters. The average Bonchev–Trinajstić information content (AvgIpc) is 2.77. The van der Waals surface area contributed by atoms with Crippen LogP contribution >= 0.6 is 11.6 Å². The first-order valence-corrected chi connectivity index (χ1v) is 13.4. The number of halogens is 1. The molecule has 0 spiro atoms. The van der Waals surface area contributed by atoms with Crippen molar-refractivity contribution in [3.8, 4) is 0 Å². The fraction of sp³-hybridized carbons (Fsp3) is 0.440. The van der Waals surface area contributed by atoms with Crippen molar-refractivity contribution in [1.82, 2.24) is 10.2 Å². The Morgan fingerprint density at radius 3 is 2.18 bits per heavy atom. The monoisotopic (exact) mass is 507 g/mol. The summed E-state index contributed by atoms with van der Waals surface area (Å²) < 4.78 is 26.3. The van der Waals surface area contributed by atoms with E-state index in [1.807, 2.05) is 33.8 Å². The molecule has 2 aromatic carbocycles. The van der Waals surface area contributed by atoms with Crippen molar-refractivity contribution < 1.29 is 18.0 Å². The van der Waals surface area contributed by atoms with E-state index in [0.29, 0.717) is 10.7 Å². The summed E-state index contributed by atoms with van der Waals surface area (Å²) >= 11 is 5.99. The Labute approximate surface area is 208 Å². The summed E-state index contributed by atoms with van der Waals surface area (Å²) in [6, 6.07) is 11.4. The van der Waals surface area contributed by atoms with E-state index in [2.05, 4.69) is 5.32 Å². The van der Waals surface area contributed by atoms with Crippen LogP contribution in [0.1, 0.15) is 43.9 Å². The molecule has 2 amide bonds.